The van der Waals surface area contributed by atoms with Crippen LogP contribution in [0.5, 0.6) is 0 Å². The Bertz CT molecular complexity index is 1150. The molecule has 1 aliphatic rings. The van der Waals surface area contributed by atoms with Crippen LogP contribution in [0, 0.1) is 5.82 Å². The van der Waals surface area contributed by atoms with Gasteiger partial charge in [0.1, 0.15) is 5.82 Å². The van der Waals surface area contributed by atoms with Gasteiger partial charge in [0.25, 0.3) is 5.91 Å². The van der Waals surface area contributed by atoms with E-state index >= 15 is 0 Å². The van der Waals surface area contributed by atoms with Crippen molar-refractivity contribution in [3.05, 3.63) is 94.8 Å². The van der Waals surface area contributed by atoms with Gasteiger partial charge in [0.2, 0.25) is 0 Å². The fraction of sp³-hybridized carbons (Fsp3) is 0.345. The van der Waals surface area contributed by atoms with Gasteiger partial charge in [0, 0.05) is 19.6 Å². The lowest BCUT2D eigenvalue weighted by atomic mass is 10.0. The first-order valence-corrected chi connectivity index (χ1v) is 12.2. The predicted molar refractivity (Wildman–Crippen MR) is 136 cm³/mol. The van der Waals surface area contributed by atoms with E-state index < -0.39 is 23.9 Å². The topological polar surface area (TPSA) is 70.6 Å². The zero-order valence-corrected chi connectivity index (χ0v) is 20.3. The molecule has 3 aromatic carbocycles. The highest BCUT2D eigenvalue weighted by Crippen LogP contribution is 2.33. The van der Waals surface area contributed by atoms with Crippen LogP contribution >= 0.6 is 0 Å². The van der Waals surface area contributed by atoms with Crippen molar-refractivity contribution in [1.29, 1.82) is 0 Å². The van der Waals surface area contributed by atoms with E-state index in [1.165, 1.54) is 12.1 Å². The molecule has 0 unspecified atom stereocenters. The Morgan fingerprint density at radius 1 is 1.09 bits per heavy atom. The van der Waals surface area contributed by atoms with Crippen molar-refractivity contribution in [1.82, 2.24) is 10.6 Å². The summed E-state index contributed by atoms with van der Waals surface area (Å²) in [4.78, 5) is 12.9. The van der Waals surface area contributed by atoms with Gasteiger partial charge in [-0.25, -0.2) is 4.39 Å². The Hall–Kier alpha value is -3.06. The van der Waals surface area contributed by atoms with Gasteiger partial charge in [0.05, 0.1) is 23.8 Å². The molecule has 1 amide bonds. The zero-order chi connectivity index (χ0) is 24.8. The molecule has 0 radical (unpaired) electrons. The molecule has 4 rings (SSSR count). The Kier molecular flexibility index (Phi) is 8.29. The van der Waals surface area contributed by atoms with Gasteiger partial charge in [-0.1, -0.05) is 54.6 Å². The summed E-state index contributed by atoms with van der Waals surface area (Å²) in [5.41, 5.74) is 4.50. The minimum atomic E-state index is -0.753. The lowest BCUT2D eigenvalue weighted by molar-refractivity contribution is 0.0770. The van der Waals surface area contributed by atoms with Crippen molar-refractivity contribution in [2.45, 2.75) is 51.5 Å². The zero-order valence-electron chi connectivity index (χ0n) is 20.3. The van der Waals surface area contributed by atoms with Crippen LogP contribution < -0.4 is 10.6 Å². The summed E-state index contributed by atoms with van der Waals surface area (Å²) in [6.07, 6.45) is 0.864. The molecule has 0 saturated carbocycles. The van der Waals surface area contributed by atoms with Crippen molar-refractivity contribution in [2.24, 2.45) is 0 Å². The van der Waals surface area contributed by atoms with E-state index in [1.807, 2.05) is 62.4 Å². The van der Waals surface area contributed by atoms with Gasteiger partial charge < -0.3 is 20.5 Å². The number of rotatable bonds is 10. The van der Waals surface area contributed by atoms with E-state index in [0.29, 0.717) is 18.5 Å². The van der Waals surface area contributed by atoms with E-state index in [0.717, 1.165) is 41.8 Å². The summed E-state index contributed by atoms with van der Waals surface area (Å²) in [5, 5.41) is 16.9. The smallest absolute Gasteiger partial charge is 0.254 e. The van der Waals surface area contributed by atoms with Gasteiger partial charge in [-0.3, -0.25) is 4.79 Å². The molecule has 1 aliphatic carbocycles. The van der Waals surface area contributed by atoms with E-state index in [9.17, 15) is 14.3 Å². The normalized spacial score (nSPS) is 16.9. The fourth-order valence-corrected chi connectivity index (χ4v) is 4.43. The van der Waals surface area contributed by atoms with Gasteiger partial charge in [-0.2, -0.15) is 0 Å². The van der Waals surface area contributed by atoms with Gasteiger partial charge in [-0.05, 0) is 66.8 Å². The number of amides is 1. The van der Waals surface area contributed by atoms with E-state index in [2.05, 4.69) is 10.6 Å². The average Bonchev–Trinajstić information content (AvgIpc) is 3.15. The molecule has 0 bridgehead atoms. The van der Waals surface area contributed by atoms with Crippen molar-refractivity contribution >= 4 is 5.91 Å². The van der Waals surface area contributed by atoms with Crippen LogP contribution in [0.2, 0.25) is 0 Å². The quantitative estimate of drug-likeness (QED) is 0.368. The maximum atomic E-state index is 14.8. The highest BCUT2D eigenvalue weighted by Gasteiger charge is 2.33. The molecule has 0 saturated heterocycles. The number of hydrogen-bond acceptors (Lipinski definition) is 4. The van der Waals surface area contributed by atoms with Gasteiger partial charge in [-0.15, -0.1) is 0 Å². The second kappa shape index (κ2) is 11.6. The van der Waals surface area contributed by atoms with Gasteiger partial charge >= 0.3 is 0 Å². The number of fused-ring (bicyclic) bond motifs is 1. The number of halogens is 1. The third-order valence-electron chi connectivity index (χ3n) is 6.24. The molecular formula is C29H33FN2O3. The molecule has 3 N–H and O–H groups in total. The van der Waals surface area contributed by atoms with E-state index in [4.69, 9.17) is 4.74 Å². The van der Waals surface area contributed by atoms with Crippen LogP contribution in [0.3, 0.4) is 0 Å². The number of benzene rings is 3. The highest BCUT2D eigenvalue weighted by molar-refractivity contribution is 5.95. The van der Waals surface area contributed by atoms with Crippen molar-refractivity contribution < 1.29 is 19.0 Å². The standard InChI is InChI=1S/C29H33FN2O3/c1-19(2)35-14-6-13-31-18-20-9-10-23-17-27(33)28(25(23)15-20)32-29(34)24-12-11-22(16-26(24)30)21-7-4-3-5-8-21/h3-5,7-12,15-16,19,27-28,31,33H,6,13-14,17-18H2,1-2H3,(H,32,34)/t27-,28-/m1/s1. The molecule has 0 heterocycles. The number of carbonyl (C=O) groups excluding carboxylic acids is 1. The maximum Gasteiger partial charge on any atom is 0.254 e. The Morgan fingerprint density at radius 3 is 2.63 bits per heavy atom. The first-order valence-electron chi connectivity index (χ1n) is 12.2. The summed E-state index contributed by atoms with van der Waals surface area (Å²) in [6.45, 7) is 6.29. The van der Waals surface area contributed by atoms with Crippen LogP contribution in [0.25, 0.3) is 11.1 Å². The van der Waals surface area contributed by atoms with E-state index in [-0.39, 0.29) is 11.7 Å². The molecule has 0 aliphatic heterocycles. The average molecular weight is 477 g/mol. The lowest BCUT2D eigenvalue weighted by Gasteiger charge is -2.19. The van der Waals surface area contributed by atoms with E-state index in [1.54, 1.807) is 6.07 Å². The third-order valence-corrected chi connectivity index (χ3v) is 6.24. The number of ether oxygens (including phenoxy) is 1. The Morgan fingerprint density at radius 2 is 1.89 bits per heavy atom. The van der Waals surface area contributed by atoms with Crippen LogP contribution in [0.4, 0.5) is 4.39 Å². The first-order chi connectivity index (χ1) is 16.9. The lowest BCUT2D eigenvalue weighted by Crippen LogP contribution is -2.34. The SMILES string of the molecule is CC(C)OCCCNCc1ccc2c(c1)[C@@H](NC(=O)c1ccc(-c3ccccc3)cc1F)[C@H](O)C2. The largest absolute Gasteiger partial charge is 0.390 e. The predicted octanol–water partition coefficient (Wildman–Crippen LogP) is 4.79. The van der Waals surface area contributed by atoms with Crippen molar-refractivity contribution in [3.8, 4) is 11.1 Å². The summed E-state index contributed by atoms with van der Waals surface area (Å²) >= 11 is 0. The molecule has 6 heteroatoms. The number of carbonyl (C=O) groups is 1. The Labute approximate surface area is 206 Å². The first kappa shape index (κ1) is 25.0. The summed E-state index contributed by atoms with van der Waals surface area (Å²) in [5.74, 6) is -1.12. The van der Waals surface area contributed by atoms with Gasteiger partial charge in [0.15, 0.2) is 0 Å². The number of nitrogens with one attached hydrogen (secondary N) is 2. The summed E-state index contributed by atoms with van der Waals surface area (Å²) < 4.78 is 20.4. The van der Waals surface area contributed by atoms with Crippen molar-refractivity contribution in [2.75, 3.05) is 13.2 Å². The molecule has 35 heavy (non-hydrogen) atoms. The summed E-state index contributed by atoms with van der Waals surface area (Å²) in [6, 6.07) is 19.5. The number of aliphatic hydroxyl groups is 1. The maximum absolute atomic E-state index is 14.8. The monoisotopic (exact) mass is 476 g/mol. The highest BCUT2D eigenvalue weighted by atomic mass is 19.1. The molecule has 5 nitrogen and oxygen atoms in total. The molecule has 0 spiro atoms. The van der Waals surface area contributed by atoms with Crippen LogP contribution in [-0.4, -0.2) is 36.4 Å². The fourth-order valence-electron chi connectivity index (χ4n) is 4.43. The summed E-state index contributed by atoms with van der Waals surface area (Å²) in [7, 11) is 0. The third kappa shape index (κ3) is 6.34. The van der Waals surface area contributed by atoms with Crippen molar-refractivity contribution in [3.63, 3.8) is 0 Å². The minimum Gasteiger partial charge on any atom is -0.390 e. The molecule has 0 fully saturated rings. The minimum absolute atomic E-state index is 0.0354. The number of aliphatic hydroxyl groups excluding tert-OH is 1. The molecule has 3 aromatic rings. The molecular weight excluding hydrogens is 443 g/mol. The molecule has 0 aromatic heterocycles. The van der Waals surface area contributed by atoms with Crippen LogP contribution in [-0.2, 0) is 17.7 Å². The van der Waals surface area contributed by atoms with Crippen LogP contribution in [0.1, 0.15) is 53.4 Å². The molecule has 2 atom stereocenters. The second-order valence-electron chi connectivity index (χ2n) is 9.27. The Balaban J connectivity index is 1.40. The number of hydrogen-bond donors (Lipinski definition) is 3. The second-order valence-corrected chi connectivity index (χ2v) is 9.27. The molecule has 184 valence electrons. The van der Waals surface area contributed by atoms with Crippen LogP contribution in [0.15, 0.2) is 66.7 Å².